The minimum Gasteiger partial charge on any atom is -0.493 e. The molecule has 1 aromatic heterocycles. The molecule has 0 saturated heterocycles. The van der Waals surface area contributed by atoms with E-state index in [1.807, 2.05) is 0 Å². The van der Waals surface area contributed by atoms with Gasteiger partial charge in [0.25, 0.3) is 0 Å². The average Bonchev–Trinajstić information content (AvgIpc) is 2.90. The molecule has 0 aliphatic rings. The van der Waals surface area contributed by atoms with Crippen LogP contribution in [0.15, 0.2) is 33.4 Å². The van der Waals surface area contributed by atoms with Crippen LogP contribution in [0, 0.1) is 0 Å². The molecule has 6 heteroatoms. The predicted octanol–water partition coefficient (Wildman–Crippen LogP) is 3.30. The molecule has 0 fully saturated rings. The van der Waals surface area contributed by atoms with Gasteiger partial charge in [-0.15, -0.1) is 0 Å². The first-order chi connectivity index (χ1) is 9.62. The van der Waals surface area contributed by atoms with Crippen LogP contribution in [0.5, 0.6) is 17.2 Å². The van der Waals surface area contributed by atoms with E-state index < -0.39 is 0 Å². The van der Waals surface area contributed by atoms with Crippen LogP contribution < -0.4 is 14.2 Å². The first-order valence-electron chi connectivity index (χ1n) is 5.70. The Kier molecular flexibility index (Phi) is 4.34. The van der Waals surface area contributed by atoms with E-state index in [2.05, 4.69) is 15.9 Å². The molecule has 0 saturated carbocycles. The quantitative estimate of drug-likeness (QED) is 0.781. The second-order valence-corrected chi connectivity index (χ2v) is 4.70. The minimum atomic E-state index is -0.277. The van der Waals surface area contributed by atoms with Crippen molar-refractivity contribution in [2.24, 2.45) is 0 Å². The third kappa shape index (κ3) is 2.51. The Morgan fingerprint density at radius 2 is 1.70 bits per heavy atom. The third-order valence-electron chi connectivity index (χ3n) is 2.75. The third-order valence-corrected chi connectivity index (χ3v) is 3.37. The lowest BCUT2D eigenvalue weighted by molar-refractivity contribution is 0.101. The second-order valence-electron chi connectivity index (χ2n) is 3.84. The number of furan rings is 1. The predicted molar refractivity (Wildman–Crippen MR) is 75.9 cm³/mol. The summed E-state index contributed by atoms with van der Waals surface area (Å²) in [5.41, 5.74) is 0.384. The fourth-order valence-corrected chi connectivity index (χ4v) is 2.18. The summed E-state index contributed by atoms with van der Waals surface area (Å²) in [6, 6.07) is 4.82. The van der Waals surface area contributed by atoms with Crippen molar-refractivity contribution in [1.29, 1.82) is 0 Å². The average molecular weight is 341 g/mol. The molecule has 0 N–H and O–H groups in total. The molecule has 1 heterocycles. The fraction of sp³-hybridized carbons (Fsp3) is 0.214. The summed E-state index contributed by atoms with van der Waals surface area (Å²) in [6.45, 7) is 0. The van der Waals surface area contributed by atoms with E-state index >= 15 is 0 Å². The maximum absolute atomic E-state index is 12.4. The number of rotatable bonds is 5. The molecule has 106 valence electrons. The molecule has 0 spiro atoms. The number of ether oxygens (including phenoxy) is 3. The standard InChI is InChI=1S/C14H13BrO5/c1-17-10-6-8(7-11(18-2)14(10)19-3)12(16)13-9(15)4-5-20-13/h4-7H,1-3H3. The van der Waals surface area contributed by atoms with Crippen molar-refractivity contribution in [3.63, 3.8) is 0 Å². The van der Waals surface area contributed by atoms with Crippen LogP contribution in [0.2, 0.25) is 0 Å². The lowest BCUT2D eigenvalue weighted by atomic mass is 10.1. The van der Waals surface area contributed by atoms with E-state index in [1.54, 1.807) is 18.2 Å². The van der Waals surface area contributed by atoms with E-state index in [9.17, 15) is 4.79 Å². The van der Waals surface area contributed by atoms with Gasteiger partial charge in [0.1, 0.15) is 0 Å². The monoisotopic (exact) mass is 340 g/mol. The molecule has 0 bridgehead atoms. The summed E-state index contributed by atoms with van der Waals surface area (Å²) < 4.78 is 21.4. The van der Waals surface area contributed by atoms with Gasteiger partial charge in [0.2, 0.25) is 11.5 Å². The van der Waals surface area contributed by atoms with E-state index in [-0.39, 0.29) is 11.5 Å². The molecule has 2 rings (SSSR count). The van der Waals surface area contributed by atoms with Crippen LogP contribution in [-0.2, 0) is 0 Å². The van der Waals surface area contributed by atoms with Gasteiger partial charge in [0.05, 0.1) is 32.1 Å². The highest BCUT2D eigenvalue weighted by atomic mass is 79.9. The van der Waals surface area contributed by atoms with Gasteiger partial charge in [-0.2, -0.15) is 0 Å². The van der Waals surface area contributed by atoms with Crippen molar-refractivity contribution in [1.82, 2.24) is 0 Å². The molecule has 5 nitrogen and oxygen atoms in total. The van der Waals surface area contributed by atoms with Gasteiger partial charge < -0.3 is 18.6 Å². The minimum absolute atomic E-state index is 0.222. The molecular weight excluding hydrogens is 328 g/mol. The number of benzene rings is 1. The van der Waals surface area contributed by atoms with Crippen molar-refractivity contribution in [3.05, 3.63) is 40.3 Å². The maximum atomic E-state index is 12.4. The summed E-state index contributed by atoms with van der Waals surface area (Å²) in [6.07, 6.45) is 1.44. The van der Waals surface area contributed by atoms with Gasteiger partial charge in [0, 0.05) is 5.56 Å². The largest absolute Gasteiger partial charge is 0.493 e. The highest BCUT2D eigenvalue weighted by Crippen LogP contribution is 2.39. The second kappa shape index (κ2) is 6.00. The van der Waals surface area contributed by atoms with Crippen LogP contribution in [-0.4, -0.2) is 27.1 Å². The maximum Gasteiger partial charge on any atom is 0.229 e. The summed E-state index contributed by atoms with van der Waals surface area (Å²) in [5.74, 6) is 1.21. The SMILES string of the molecule is COc1cc(C(=O)c2occc2Br)cc(OC)c1OC. The summed E-state index contributed by atoms with van der Waals surface area (Å²) in [5, 5.41) is 0. The van der Waals surface area contributed by atoms with Crippen LogP contribution in [0.3, 0.4) is 0 Å². The number of hydrogen-bond donors (Lipinski definition) is 0. The zero-order valence-electron chi connectivity index (χ0n) is 11.2. The number of hydrogen-bond acceptors (Lipinski definition) is 5. The summed E-state index contributed by atoms with van der Waals surface area (Å²) in [4.78, 5) is 12.4. The van der Waals surface area contributed by atoms with Gasteiger partial charge in [-0.25, -0.2) is 0 Å². The van der Waals surface area contributed by atoms with Crippen molar-refractivity contribution in [3.8, 4) is 17.2 Å². The molecule has 0 aliphatic carbocycles. The molecule has 0 unspecified atom stereocenters. The van der Waals surface area contributed by atoms with Gasteiger partial charge in [-0.1, -0.05) is 0 Å². The summed E-state index contributed by atoms with van der Waals surface area (Å²) >= 11 is 3.26. The number of carbonyl (C=O) groups excluding carboxylic acids is 1. The normalized spacial score (nSPS) is 10.2. The van der Waals surface area contributed by atoms with Crippen molar-refractivity contribution >= 4 is 21.7 Å². The molecule has 0 atom stereocenters. The molecule has 1 aromatic carbocycles. The van der Waals surface area contributed by atoms with E-state index in [0.717, 1.165) is 0 Å². The van der Waals surface area contributed by atoms with Crippen molar-refractivity contribution < 1.29 is 23.4 Å². The van der Waals surface area contributed by atoms with Crippen LogP contribution in [0.4, 0.5) is 0 Å². The first kappa shape index (κ1) is 14.5. The van der Waals surface area contributed by atoms with Crippen LogP contribution >= 0.6 is 15.9 Å². The number of methoxy groups -OCH3 is 3. The molecule has 2 aromatic rings. The first-order valence-corrected chi connectivity index (χ1v) is 6.49. The highest BCUT2D eigenvalue weighted by Gasteiger charge is 2.21. The fourth-order valence-electron chi connectivity index (χ4n) is 1.80. The van der Waals surface area contributed by atoms with E-state index in [4.69, 9.17) is 18.6 Å². The topological polar surface area (TPSA) is 57.9 Å². The highest BCUT2D eigenvalue weighted by molar-refractivity contribution is 9.10. The Morgan fingerprint density at radius 3 is 2.10 bits per heavy atom. The Bertz CT molecular complexity index is 607. The zero-order valence-corrected chi connectivity index (χ0v) is 12.8. The molecule has 0 aliphatic heterocycles. The Hall–Kier alpha value is -1.95. The Balaban J connectivity index is 2.53. The summed E-state index contributed by atoms with van der Waals surface area (Å²) in [7, 11) is 4.49. The van der Waals surface area contributed by atoms with E-state index in [0.29, 0.717) is 27.3 Å². The van der Waals surface area contributed by atoms with Crippen LogP contribution in [0.1, 0.15) is 16.1 Å². The van der Waals surface area contributed by atoms with Gasteiger partial charge in [-0.3, -0.25) is 4.79 Å². The number of carbonyl (C=O) groups is 1. The number of halogens is 1. The van der Waals surface area contributed by atoms with Crippen molar-refractivity contribution in [2.45, 2.75) is 0 Å². The van der Waals surface area contributed by atoms with E-state index in [1.165, 1.54) is 27.6 Å². The number of ketones is 1. The van der Waals surface area contributed by atoms with Gasteiger partial charge >= 0.3 is 0 Å². The molecule has 20 heavy (non-hydrogen) atoms. The van der Waals surface area contributed by atoms with Gasteiger partial charge in [0.15, 0.2) is 17.3 Å². The lowest BCUT2D eigenvalue weighted by Gasteiger charge is -2.13. The van der Waals surface area contributed by atoms with Gasteiger partial charge in [-0.05, 0) is 34.1 Å². The molecule has 0 radical (unpaired) electrons. The smallest absolute Gasteiger partial charge is 0.229 e. The van der Waals surface area contributed by atoms with Crippen LogP contribution in [0.25, 0.3) is 0 Å². The zero-order chi connectivity index (χ0) is 14.7. The Labute approximate surface area is 124 Å². The molecular formula is C14H13BrO5. The van der Waals surface area contributed by atoms with Crippen molar-refractivity contribution in [2.75, 3.05) is 21.3 Å². The lowest BCUT2D eigenvalue weighted by Crippen LogP contribution is -2.03. The molecule has 0 amide bonds. The Morgan fingerprint density at radius 1 is 1.10 bits per heavy atom.